The van der Waals surface area contributed by atoms with Gasteiger partial charge in [-0.25, -0.2) is 0 Å². The Morgan fingerprint density at radius 1 is 1.18 bits per heavy atom. The number of rotatable bonds is 5. The highest BCUT2D eigenvalue weighted by atomic mass is 16.4. The quantitative estimate of drug-likeness (QED) is 0.820. The normalized spacial score (nSPS) is 27.8. The topological polar surface area (TPSA) is 82.8 Å². The van der Waals surface area contributed by atoms with Crippen molar-refractivity contribution in [3.8, 4) is 0 Å². The molecule has 2 bridgehead atoms. The first-order chi connectivity index (χ1) is 13.1. The average Bonchev–Trinajstić information content (AvgIpc) is 3.02. The number of benzene rings is 1. The number of aromatic nitrogens is 1. The number of carboxylic acids is 2. The van der Waals surface area contributed by atoms with Gasteiger partial charge in [-0.1, -0.05) is 39.0 Å². The molecule has 28 heavy (non-hydrogen) atoms. The molecule has 6 heteroatoms. The molecule has 1 saturated heterocycles. The maximum atomic E-state index is 12.4. The number of hydrogen-bond acceptors (Lipinski definition) is 3. The number of likely N-dealkylation sites (tertiary alicyclic amines) is 1. The Balaban J connectivity index is 1.80. The Hall–Kier alpha value is -2.34. The lowest BCUT2D eigenvalue weighted by Crippen LogP contribution is -2.39. The van der Waals surface area contributed by atoms with E-state index in [1.54, 1.807) is 10.8 Å². The number of nitrogens with zero attached hydrogens (tertiary/aromatic N) is 2. The molecule has 3 atom stereocenters. The van der Waals surface area contributed by atoms with Gasteiger partial charge in [-0.05, 0) is 36.2 Å². The molecular formula is C22H28N2O4. The van der Waals surface area contributed by atoms with Crippen molar-refractivity contribution in [1.82, 2.24) is 9.47 Å². The number of aliphatic carboxylic acids is 2. The van der Waals surface area contributed by atoms with Crippen LogP contribution in [0.1, 0.15) is 51.6 Å². The Kier molecular flexibility index (Phi) is 4.30. The smallest absolute Gasteiger partial charge is 0.325 e. The molecule has 2 aliphatic rings. The van der Waals surface area contributed by atoms with Crippen LogP contribution >= 0.6 is 0 Å². The van der Waals surface area contributed by atoms with Crippen LogP contribution in [-0.2, 0) is 16.1 Å². The Bertz CT molecular complexity index is 947. The molecule has 1 aromatic carbocycles. The molecule has 4 rings (SSSR count). The zero-order valence-corrected chi connectivity index (χ0v) is 16.7. The van der Waals surface area contributed by atoms with Gasteiger partial charge in [0.2, 0.25) is 0 Å². The molecule has 0 spiro atoms. The summed E-state index contributed by atoms with van der Waals surface area (Å²) in [5.74, 6) is -1.81. The second-order valence-corrected chi connectivity index (χ2v) is 9.75. The van der Waals surface area contributed by atoms with E-state index in [-0.39, 0.29) is 23.4 Å². The first-order valence-electron chi connectivity index (χ1n) is 9.87. The second kappa shape index (κ2) is 6.34. The lowest BCUT2D eigenvalue weighted by atomic mass is 9.65. The number of fused-ring (bicyclic) bond motifs is 3. The molecule has 2 fully saturated rings. The third-order valence-corrected chi connectivity index (χ3v) is 6.44. The predicted molar refractivity (Wildman–Crippen MR) is 106 cm³/mol. The molecule has 150 valence electrons. The zero-order valence-electron chi connectivity index (χ0n) is 16.7. The van der Waals surface area contributed by atoms with E-state index in [0.717, 1.165) is 36.7 Å². The molecule has 1 aliphatic heterocycles. The molecular weight excluding hydrogens is 356 g/mol. The van der Waals surface area contributed by atoms with Crippen molar-refractivity contribution >= 4 is 22.8 Å². The first-order valence-corrected chi connectivity index (χ1v) is 9.87. The summed E-state index contributed by atoms with van der Waals surface area (Å²) in [6, 6.07) is 6.95. The summed E-state index contributed by atoms with van der Waals surface area (Å²) in [6.07, 6.45) is 4.83. The van der Waals surface area contributed by atoms with E-state index < -0.39 is 18.0 Å². The van der Waals surface area contributed by atoms with Crippen LogP contribution in [0, 0.1) is 10.8 Å². The van der Waals surface area contributed by atoms with Gasteiger partial charge in [0.1, 0.15) is 12.6 Å². The van der Waals surface area contributed by atoms with Crippen LogP contribution in [0.4, 0.5) is 0 Å². The predicted octanol–water partition coefficient (Wildman–Crippen LogP) is 3.75. The van der Waals surface area contributed by atoms with Crippen LogP contribution < -0.4 is 0 Å². The highest BCUT2D eigenvalue weighted by Crippen LogP contribution is 2.54. The monoisotopic (exact) mass is 384 g/mol. The summed E-state index contributed by atoms with van der Waals surface area (Å²) >= 11 is 0. The van der Waals surface area contributed by atoms with Gasteiger partial charge in [0.05, 0.1) is 0 Å². The Morgan fingerprint density at radius 3 is 2.57 bits per heavy atom. The maximum Gasteiger partial charge on any atom is 0.325 e. The van der Waals surface area contributed by atoms with Gasteiger partial charge in [0.15, 0.2) is 0 Å². The molecule has 1 aliphatic carbocycles. The first kappa shape index (κ1) is 19.0. The van der Waals surface area contributed by atoms with Crippen LogP contribution in [0.2, 0.25) is 0 Å². The van der Waals surface area contributed by atoms with Crippen molar-refractivity contribution in [3.05, 3.63) is 36.0 Å². The average molecular weight is 384 g/mol. The van der Waals surface area contributed by atoms with E-state index in [0.29, 0.717) is 5.56 Å². The van der Waals surface area contributed by atoms with Gasteiger partial charge in [-0.2, -0.15) is 0 Å². The van der Waals surface area contributed by atoms with Crippen molar-refractivity contribution in [2.45, 2.75) is 58.7 Å². The molecule has 2 heterocycles. The van der Waals surface area contributed by atoms with Crippen LogP contribution in [0.15, 0.2) is 30.5 Å². The molecule has 6 nitrogen and oxygen atoms in total. The summed E-state index contributed by atoms with van der Waals surface area (Å²) in [4.78, 5) is 25.9. The van der Waals surface area contributed by atoms with Crippen molar-refractivity contribution in [1.29, 1.82) is 0 Å². The SMILES string of the molecule is CC1(C)C[C@H]2C[C@@](C)(CN2[C@H](C(=O)O)c2cn(CC(=O)O)c3ccccc23)C1. The summed E-state index contributed by atoms with van der Waals surface area (Å²) in [6.45, 7) is 7.40. The minimum atomic E-state index is -0.939. The number of carbonyl (C=O) groups is 2. The summed E-state index contributed by atoms with van der Waals surface area (Å²) < 4.78 is 1.65. The lowest BCUT2D eigenvalue weighted by molar-refractivity contribution is -0.144. The highest BCUT2D eigenvalue weighted by Gasteiger charge is 2.52. The van der Waals surface area contributed by atoms with Crippen LogP contribution in [0.3, 0.4) is 0 Å². The molecule has 0 amide bonds. The van der Waals surface area contributed by atoms with Gasteiger partial charge in [0.25, 0.3) is 0 Å². The largest absolute Gasteiger partial charge is 0.480 e. The third kappa shape index (κ3) is 3.20. The number of carboxylic acid groups (broad SMARTS) is 2. The van der Waals surface area contributed by atoms with Gasteiger partial charge >= 0.3 is 11.9 Å². The van der Waals surface area contributed by atoms with Crippen LogP contribution in [0.5, 0.6) is 0 Å². The summed E-state index contributed by atoms with van der Waals surface area (Å²) in [5, 5.41) is 20.3. The van der Waals surface area contributed by atoms with E-state index in [4.69, 9.17) is 0 Å². The molecule has 0 unspecified atom stereocenters. The van der Waals surface area contributed by atoms with Gasteiger partial charge in [-0.3, -0.25) is 14.5 Å². The van der Waals surface area contributed by atoms with E-state index >= 15 is 0 Å². The van der Waals surface area contributed by atoms with Crippen molar-refractivity contribution in [2.24, 2.45) is 10.8 Å². The standard InChI is InChI=1S/C22H28N2O4/c1-21(2)8-14-9-22(3,12-21)13-24(14)19(20(27)28)16-10-23(11-18(25)26)17-7-5-4-6-15(16)17/h4-7,10,14,19H,8-9,11-13H2,1-3H3,(H,25,26)(H,27,28)/t14-,19-,22+/m0/s1. The highest BCUT2D eigenvalue weighted by molar-refractivity contribution is 5.90. The minimum absolute atomic E-state index is 0.125. The van der Waals surface area contributed by atoms with Gasteiger partial charge in [0, 0.05) is 35.2 Å². The fraction of sp³-hybridized carbons (Fsp3) is 0.545. The zero-order chi connectivity index (χ0) is 20.3. The van der Waals surface area contributed by atoms with E-state index in [1.807, 2.05) is 24.3 Å². The number of hydrogen-bond donors (Lipinski definition) is 2. The second-order valence-electron chi connectivity index (χ2n) is 9.75. The maximum absolute atomic E-state index is 12.4. The minimum Gasteiger partial charge on any atom is -0.480 e. The van der Waals surface area contributed by atoms with Crippen molar-refractivity contribution in [3.63, 3.8) is 0 Å². The van der Waals surface area contributed by atoms with Gasteiger partial charge in [-0.15, -0.1) is 0 Å². The fourth-order valence-corrected chi connectivity index (χ4v) is 6.03. The Labute approximate surface area is 164 Å². The summed E-state index contributed by atoms with van der Waals surface area (Å²) in [7, 11) is 0. The van der Waals surface area contributed by atoms with E-state index in [2.05, 4.69) is 25.7 Å². The lowest BCUT2D eigenvalue weighted by Gasteiger charge is -2.40. The molecule has 2 aromatic rings. The van der Waals surface area contributed by atoms with E-state index in [9.17, 15) is 19.8 Å². The van der Waals surface area contributed by atoms with Crippen LogP contribution in [0.25, 0.3) is 10.9 Å². The van der Waals surface area contributed by atoms with E-state index in [1.165, 1.54) is 0 Å². The molecule has 0 radical (unpaired) electrons. The van der Waals surface area contributed by atoms with Crippen LogP contribution in [-0.4, -0.2) is 44.2 Å². The van der Waals surface area contributed by atoms with Crippen molar-refractivity contribution in [2.75, 3.05) is 6.54 Å². The molecule has 1 aromatic heterocycles. The van der Waals surface area contributed by atoms with Gasteiger partial charge < -0.3 is 14.8 Å². The number of para-hydroxylation sites is 1. The Morgan fingerprint density at radius 2 is 1.89 bits per heavy atom. The third-order valence-electron chi connectivity index (χ3n) is 6.44. The van der Waals surface area contributed by atoms with Crippen molar-refractivity contribution < 1.29 is 19.8 Å². The molecule has 1 saturated carbocycles. The summed E-state index contributed by atoms with van der Waals surface area (Å²) in [5.41, 5.74) is 1.78. The molecule has 2 N–H and O–H groups in total. The fourth-order valence-electron chi connectivity index (χ4n) is 6.03.